The topological polar surface area (TPSA) is 0 Å². The van der Waals surface area contributed by atoms with E-state index in [2.05, 4.69) is 42.9 Å². The zero-order chi connectivity index (χ0) is 9.19. The number of hydrogen-bond donors (Lipinski definition) is 0. The monoisotopic (exact) mass is 175 g/mol. The van der Waals surface area contributed by atoms with Gasteiger partial charge in [-0.1, -0.05) is 36.5 Å². The van der Waals surface area contributed by atoms with Gasteiger partial charge in [0.05, 0.1) is 0 Å². The lowest BCUT2D eigenvalue weighted by Gasteiger charge is -1.93. The highest BCUT2D eigenvalue weighted by Crippen LogP contribution is 2.05. The van der Waals surface area contributed by atoms with Crippen LogP contribution in [0.5, 0.6) is 0 Å². The Hall–Kier alpha value is -0.780. The van der Waals surface area contributed by atoms with Gasteiger partial charge in [-0.3, -0.25) is 0 Å². The number of hydrogen-bond acceptors (Lipinski definition) is 0. The summed E-state index contributed by atoms with van der Waals surface area (Å²) in [6, 6.07) is 0. The molecule has 0 aromatic carbocycles. The molecule has 1 radical (unpaired) electrons. The lowest BCUT2D eigenvalue weighted by molar-refractivity contribution is 0.855. The Morgan fingerprint density at radius 2 is 0.923 bits per heavy atom. The molecule has 1 rings (SSSR count). The van der Waals surface area contributed by atoms with Crippen LogP contribution in [0.4, 0.5) is 0 Å². The first-order chi connectivity index (χ1) is 6.50. The highest BCUT2D eigenvalue weighted by Gasteiger charge is 1.86. The van der Waals surface area contributed by atoms with Crippen molar-refractivity contribution in [2.45, 2.75) is 38.5 Å². The van der Waals surface area contributed by atoms with Gasteiger partial charge in [0.25, 0.3) is 0 Å². The van der Waals surface area contributed by atoms with E-state index in [0.717, 1.165) is 12.8 Å². The summed E-state index contributed by atoms with van der Waals surface area (Å²) in [5.41, 5.74) is 0. The Morgan fingerprint density at radius 3 is 1.46 bits per heavy atom. The van der Waals surface area contributed by atoms with E-state index in [1.165, 1.54) is 25.7 Å². The molecule has 0 saturated heterocycles. The quantitative estimate of drug-likeness (QED) is 0.484. The average molecular weight is 175 g/mol. The smallest absolute Gasteiger partial charge is 0.0169 e. The highest BCUT2D eigenvalue weighted by molar-refractivity contribution is 4.98. The molecule has 0 amide bonds. The number of allylic oxidation sites excluding steroid dienone is 6. The Kier molecular flexibility index (Phi) is 6.22. The molecule has 0 aliphatic heterocycles. The summed E-state index contributed by atoms with van der Waals surface area (Å²) < 4.78 is 0. The molecule has 0 atom stereocenters. The molecule has 0 unspecified atom stereocenters. The third kappa shape index (κ3) is 6.39. The molecule has 71 valence electrons. The predicted molar refractivity (Wildman–Crippen MR) is 59.4 cm³/mol. The van der Waals surface area contributed by atoms with E-state index >= 15 is 0 Å². The first-order valence-electron chi connectivity index (χ1n) is 5.27. The average Bonchev–Trinajstić information content (AvgIpc) is 2.18. The summed E-state index contributed by atoms with van der Waals surface area (Å²) in [6.07, 6.45) is 23.0. The van der Waals surface area contributed by atoms with Gasteiger partial charge in [0.15, 0.2) is 0 Å². The SMILES string of the molecule is [CH]1CC/C=C\C/C=C/C/C=C/CC1. The summed E-state index contributed by atoms with van der Waals surface area (Å²) in [5.74, 6) is 0. The van der Waals surface area contributed by atoms with E-state index in [4.69, 9.17) is 0 Å². The van der Waals surface area contributed by atoms with Crippen molar-refractivity contribution in [3.05, 3.63) is 42.9 Å². The molecule has 0 nitrogen and oxygen atoms in total. The van der Waals surface area contributed by atoms with Crippen LogP contribution in [0.25, 0.3) is 0 Å². The molecule has 0 spiro atoms. The second-order valence-corrected chi connectivity index (χ2v) is 3.33. The zero-order valence-electron chi connectivity index (χ0n) is 8.28. The summed E-state index contributed by atoms with van der Waals surface area (Å²) in [5, 5.41) is 0. The van der Waals surface area contributed by atoms with Crippen molar-refractivity contribution in [1.29, 1.82) is 0 Å². The minimum absolute atomic E-state index is 1.09. The molecule has 0 aromatic heterocycles. The summed E-state index contributed by atoms with van der Waals surface area (Å²) >= 11 is 0. The molecule has 13 heavy (non-hydrogen) atoms. The summed E-state index contributed by atoms with van der Waals surface area (Å²) in [7, 11) is 0. The van der Waals surface area contributed by atoms with Crippen molar-refractivity contribution < 1.29 is 0 Å². The van der Waals surface area contributed by atoms with Gasteiger partial charge in [0.2, 0.25) is 0 Å². The third-order valence-electron chi connectivity index (χ3n) is 2.12. The van der Waals surface area contributed by atoms with Crippen LogP contribution in [0.1, 0.15) is 38.5 Å². The molecule has 1 aliphatic carbocycles. The molecular formula is C13H19. The molecule has 0 bridgehead atoms. The van der Waals surface area contributed by atoms with Gasteiger partial charge in [-0.05, 0) is 44.9 Å². The maximum Gasteiger partial charge on any atom is -0.0169 e. The fourth-order valence-corrected chi connectivity index (χ4v) is 1.35. The first-order valence-corrected chi connectivity index (χ1v) is 5.27. The van der Waals surface area contributed by atoms with Crippen molar-refractivity contribution in [3.8, 4) is 0 Å². The van der Waals surface area contributed by atoms with Crippen LogP contribution in [-0.2, 0) is 0 Å². The molecule has 0 heterocycles. The molecule has 0 saturated carbocycles. The van der Waals surface area contributed by atoms with Crippen molar-refractivity contribution in [1.82, 2.24) is 0 Å². The van der Waals surface area contributed by atoms with E-state index in [-0.39, 0.29) is 0 Å². The van der Waals surface area contributed by atoms with Crippen molar-refractivity contribution in [3.63, 3.8) is 0 Å². The summed E-state index contributed by atoms with van der Waals surface area (Å²) in [6.45, 7) is 0. The van der Waals surface area contributed by atoms with Crippen LogP contribution in [0, 0.1) is 6.42 Å². The maximum absolute atomic E-state index is 2.39. The normalized spacial score (nSPS) is 27.7. The van der Waals surface area contributed by atoms with Gasteiger partial charge in [-0.15, -0.1) is 0 Å². The summed E-state index contributed by atoms with van der Waals surface area (Å²) in [4.78, 5) is 0. The molecule has 0 N–H and O–H groups in total. The van der Waals surface area contributed by atoms with Crippen LogP contribution in [0.3, 0.4) is 0 Å². The van der Waals surface area contributed by atoms with E-state index in [1.807, 2.05) is 0 Å². The second kappa shape index (κ2) is 7.85. The Bertz CT molecular complexity index is 164. The lowest BCUT2D eigenvalue weighted by atomic mass is 10.1. The molecule has 1 aliphatic rings. The Balaban J connectivity index is 2.28. The van der Waals surface area contributed by atoms with Gasteiger partial charge < -0.3 is 0 Å². The fourth-order valence-electron chi connectivity index (χ4n) is 1.35. The van der Waals surface area contributed by atoms with Gasteiger partial charge in [-0.2, -0.15) is 0 Å². The maximum atomic E-state index is 2.39. The Morgan fingerprint density at radius 1 is 0.462 bits per heavy atom. The van der Waals surface area contributed by atoms with Gasteiger partial charge in [0, 0.05) is 0 Å². The fraction of sp³-hybridized carbons (Fsp3) is 0.462. The second-order valence-electron chi connectivity index (χ2n) is 3.33. The van der Waals surface area contributed by atoms with Crippen molar-refractivity contribution in [2.75, 3.05) is 0 Å². The first kappa shape index (κ1) is 10.3. The molecule has 0 fully saturated rings. The Labute approximate surface area is 82.0 Å². The van der Waals surface area contributed by atoms with E-state index in [9.17, 15) is 0 Å². The van der Waals surface area contributed by atoms with Crippen LogP contribution in [-0.4, -0.2) is 0 Å². The van der Waals surface area contributed by atoms with Crippen molar-refractivity contribution in [2.24, 2.45) is 0 Å². The van der Waals surface area contributed by atoms with E-state index < -0.39 is 0 Å². The lowest BCUT2D eigenvalue weighted by Crippen LogP contribution is -1.75. The minimum Gasteiger partial charge on any atom is -0.0882 e. The van der Waals surface area contributed by atoms with Gasteiger partial charge in [0.1, 0.15) is 0 Å². The molecular weight excluding hydrogens is 156 g/mol. The van der Waals surface area contributed by atoms with Crippen LogP contribution in [0.15, 0.2) is 36.5 Å². The molecule has 0 heteroatoms. The van der Waals surface area contributed by atoms with E-state index in [0.29, 0.717) is 0 Å². The highest BCUT2D eigenvalue weighted by atomic mass is 13.9. The third-order valence-corrected chi connectivity index (χ3v) is 2.12. The van der Waals surface area contributed by atoms with E-state index in [1.54, 1.807) is 0 Å². The van der Waals surface area contributed by atoms with Gasteiger partial charge >= 0.3 is 0 Å². The largest absolute Gasteiger partial charge is 0.0882 e. The minimum atomic E-state index is 1.09. The van der Waals surface area contributed by atoms with Crippen LogP contribution < -0.4 is 0 Å². The number of rotatable bonds is 0. The van der Waals surface area contributed by atoms with Crippen LogP contribution >= 0.6 is 0 Å². The standard InChI is InChI=1S/C13H19/c1-2-4-6-8-10-12-13-11-9-7-5-3-1/h1-2,5-8,13H,3-4,9-12H2/b2-1+,7-5-,8-6+. The van der Waals surface area contributed by atoms with Crippen molar-refractivity contribution >= 4 is 0 Å². The van der Waals surface area contributed by atoms with Crippen LogP contribution in [0.2, 0.25) is 0 Å². The predicted octanol–water partition coefficient (Wildman–Crippen LogP) is 4.21. The molecule has 0 aromatic rings. The zero-order valence-corrected chi connectivity index (χ0v) is 8.28. The van der Waals surface area contributed by atoms with Gasteiger partial charge in [-0.25, -0.2) is 0 Å².